The lowest BCUT2D eigenvalue weighted by atomic mass is 10.1. The smallest absolute Gasteiger partial charge is 0.274 e. The number of hydrogen-bond acceptors (Lipinski definition) is 5. The van der Waals surface area contributed by atoms with Crippen molar-refractivity contribution in [3.63, 3.8) is 0 Å². The molecule has 0 aliphatic heterocycles. The van der Waals surface area contributed by atoms with Crippen molar-refractivity contribution in [2.24, 2.45) is 0 Å². The summed E-state index contributed by atoms with van der Waals surface area (Å²) in [6, 6.07) is 9.99. The number of carbonyl (C=O) groups excluding carboxylic acids is 3. The fraction of sp³-hybridized carbons (Fsp3) is 0.227. The molecule has 10 heteroatoms. The summed E-state index contributed by atoms with van der Waals surface area (Å²) in [5.41, 5.74) is 2.17. The molecule has 2 heterocycles. The predicted octanol–water partition coefficient (Wildman–Crippen LogP) is 2.61. The van der Waals surface area contributed by atoms with Gasteiger partial charge in [0, 0.05) is 20.3 Å². The number of likely N-dealkylation sites (N-methyl/N-ethyl adjacent to an activating group) is 1. The molecule has 3 aromatic rings. The van der Waals surface area contributed by atoms with Crippen LogP contribution in [0.3, 0.4) is 0 Å². The molecule has 0 radical (unpaired) electrons. The van der Waals surface area contributed by atoms with Crippen LogP contribution in [0, 0.1) is 13.8 Å². The van der Waals surface area contributed by atoms with Crippen LogP contribution >= 0.6 is 11.6 Å². The topological polar surface area (TPSA) is 109 Å². The number of amides is 3. The first-order valence-electron chi connectivity index (χ1n) is 9.75. The zero-order valence-corrected chi connectivity index (χ0v) is 18.9. The second kappa shape index (κ2) is 9.61. The van der Waals surface area contributed by atoms with Gasteiger partial charge in [-0.15, -0.1) is 0 Å². The number of nitrogens with one attached hydrogen (secondary N) is 2. The van der Waals surface area contributed by atoms with Gasteiger partial charge in [0.25, 0.3) is 11.8 Å². The molecule has 2 N–H and O–H groups in total. The number of anilines is 1. The summed E-state index contributed by atoms with van der Waals surface area (Å²) in [5, 5.41) is 10.0. The van der Waals surface area contributed by atoms with Gasteiger partial charge in [0.1, 0.15) is 5.69 Å². The van der Waals surface area contributed by atoms with Crippen molar-refractivity contribution >= 4 is 35.0 Å². The summed E-state index contributed by atoms with van der Waals surface area (Å²) in [5.74, 6) is -0.897. The summed E-state index contributed by atoms with van der Waals surface area (Å²) in [7, 11) is 3.21. The molecule has 3 rings (SSSR count). The van der Waals surface area contributed by atoms with Crippen LogP contribution in [0.15, 0.2) is 42.6 Å². The Morgan fingerprint density at radius 2 is 1.84 bits per heavy atom. The van der Waals surface area contributed by atoms with E-state index < -0.39 is 11.8 Å². The van der Waals surface area contributed by atoms with E-state index in [1.165, 1.54) is 9.58 Å². The van der Waals surface area contributed by atoms with Gasteiger partial charge in [0.15, 0.2) is 5.82 Å². The van der Waals surface area contributed by atoms with Crippen LogP contribution in [0.5, 0.6) is 0 Å². The van der Waals surface area contributed by atoms with Crippen molar-refractivity contribution in [2.75, 3.05) is 26.0 Å². The zero-order valence-electron chi connectivity index (χ0n) is 18.1. The number of nitrogens with zero attached hydrogens (tertiary/aromatic N) is 4. The Balaban J connectivity index is 1.89. The lowest BCUT2D eigenvalue weighted by Gasteiger charge is -2.14. The van der Waals surface area contributed by atoms with Crippen LogP contribution < -0.4 is 10.6 Å². The minimum atomic E-state index is -0.491. The van der Waals surface area contributed by atoms with Crippen LogP contribution in [-0.2, 0) is 4.79 Å². The van der Waals surface area contributed by atoms with E-state index in [0.717, 1.165) is 5.56 Å². The van der Waals surface area contributed by atoms with Crippen LogP contribution in [-0.4, -0.2) is 58.0 Å². The van der Waals surface area contributed by atoms with Crippen LogP contribution in [0.2, 0.25) is 5.02 Å². The highest BCUT2D eigenvalue weighted by Crippen LogP contribution is 2.22. The first-order valence-corrected chi connectivity index (χ1v) is 10.1. The van der Waals surface area contributed by atoms with E-state index in [0.29, 0.717) is 22.2 Å². The second-order valence-electron chi connectivity index (χ2n) is 7.37. The van der Waals surface area contributed by atoms with Gasteiger partial charge in [-0.05, 0) is 44.2 Å². The Hall–Kier alpha value is -3.72. The second-order valence-corrected chi connectivity index (χ2v) is 7.77. The summed E-state index contributed by atoms with van der Waals surface area (Å²) in [6.45, 7) is 3.42. The first kappa shape index (κ1) is 23.0. The molecule has 2 aromatic heterocycles. The highest BCUT2D eigenvalue weighted by atomic mass is 35.5. The third-order valence-electron chi connectivity index (χ3n) is 4.57. The van der Waals surface area contributed by atoms with E-state index in [1.54, 1.807) is 63.6 Å². The molecular weight excluding hydrogens is 432 g/mol. The lowest BCUT2D eigenvalue weighted by molar-refractivity contribution is -0.127. The van der Waals surface area contributed by atoms with Gasteiger partial charge in [-0.3, -0.25) is 14.4 Å². The Bertz CT molecular complexity index is 1190. The SMILES string of the molecule is Cc1ccc(NC(=O)c2cc(C)nn2-c2ncccc2Cl)c(C(=O)NCC(=O)N(C)C)c1. The molecule has 0 aliphatic rings. The standard InChI is InChI=1S/C22H23ClN6O3/c1-13-7-8-17(15(10-13)21(31)25-12-19(30)28(3)4)26-22(32)18-11-14(2)27-29(18)20-16(23)6-5-9-24-20/h5-11H,12H2,1-4H3,(H,25,31)(H,26,32). The molecule has 0 saturated heterocycles. The van der Waals surface area contributed by atoms with Gasteiger partial charge in [-0.1, -0.05) is 23.2 Å². The molecule has 0 unspecified atom stereocenters. The van der Waals surface area contributed by atoms with E-state index in [4.69, 9.17) is 11.6 Å². The molecular formula is C22H23ClN6O3. The van der Waals surface area contributed by atoms with Crippen LogP contribution in [0.25, 0.3) is 5.82 Å². The first-order chi connectivity index (χ1) is 15.2. The zero-order chi connectivity index (χ0) is 23.4. The fourth-order valence-corrected chi connectivity index (χ4v) is 3.11. The van der Waals surface area contributed by atoms with Gasteiger partial charge in [-0.25, -0.2) is 9.67 Å². The minimum absolute atomic E-state index is 0.155. The third-order valence-corrected chi connectivity index (χ3v) is 4.87. The van der Waals surface area contributed by atoms with Gasteiger partial charge in [0.2, 0.25) is 5.91 Å². The molecule has 1 aromatic carbocycles. The number of pyridine rings is 1. The number of hydrogen-bond donors (Lipinski definition) is 2. The molecule has 166 valence electrons. The average Bonchev–Trinajstić information content (AvgIpc) is 3.14. The largest absolute Gasteiger partial charge is 0.347 e. The molecule has 32 heavy (non-hydrogen) atoms. The number of benzene rings is 1. The molecule has 0 atom stereocenters. The molecule has 9 nitrogen and oxygen atoms in total. The lowest BCUT2D eigenvalue weighted by Crippen LogP contribution is -2.36. The molecule has 3 amide bonds. The predicted molar refractivity (Wildman–Crippen MR) is 121 cm³/mol. The van der Waals surface area contributed by atoms with E-state index >= 15 is 0 Å². The van der Waals surface area contributed by atoms with Gasteiger partial charge < -0.3 is 15.5 Å². The maximum Gasteiger partial charge on any atom is 0.274 e. The van der Waals surface area contributed by atoms with E-state index in [1.807, 2.05) is 6.92 Å². The van der Waals surface area contributed by atoms with Crippen molar-refractivity contribution < 1.29 is 14.4 Å². The van der Waals surface area contributed by atoms with Gasteiger partial charge in [-0.2, -0.15) is 5.10 Å². The number of aryl methyl sites for hydroxylation is 2. The molecule has 0 fully saturated rings. The maximum atomic E-state index is 13.1. The number of aromatic nitrogens is 3. The monoisotopic (exact) mass is 454 g/mol. The summed E-state index contributed by atoms with van der Waals surface area (Å²) in [4.78, 5) is 43.2. The molecule has 0 aliphatic carbocycles. The van der Waals surface area contributed by atoms with Crippen molar-refractivity contribution in [3.05, 3.63) is 70.1 Å². The Kier molecular flexibility index (Phi) is 6.89. The molecule has 0 bridgehead atoms. The molecule has 0 spiro atoms. The number of halogens is 1. The summed E-state index contributed by atoms with van der Waals surface area (Å²) < 4.78 is 1.36. The Labute approximate surface area is 190 Å². The quantitative estimate of drug-likeness (QED) is 0.595. The van der Waals surface area contributed by atoms with Crippen LogP contribution in [0.1, 0.15) is 32.1 Å². The number of carbonyl (C=O) groups is 3. The van der Waals surface area contributed by atoms with E-state index in [2.05, 4.69) is 20.7 Å². The summed E-state index contributed by atoms with van der Waals surface area (Å²) in [6.07, 6.45) is 1.55. The molecule has 0 saturated carbocycles. The fourth-order valence-electron chi connectivity index (χ4n) is 2.91. The average molecular weight is 455 g/mol. The number of rotatable bonds is 6. The highest BCUT2D eigenvalue weighted by Gasteiger charge is 2.21. The van der Waals surface area contributed by atoms with Crippen molar-refractivity contribution in [2.45, 2.75) is 13.8 Å². The maximum absolute atomic E-state index is 13.1. The Morgan fingerprint density at radius 3 is 2.53 bits per heavy atom. The van der Waals surface area contributed by atoms with Crippen LogP contribution in [0.4, 0.5) is 5.69 Å². The van der Waals surface area contributed by atoms with Crippen molar-refractivity contribution in [1.29, 1.82) is 0 Å². The van der Waals surface area contributed by atoms with Crippen molar-refractivity contribution in [1.82, 2.24) is 25.0 Å². The minimum Gasteiger partial charge on any atom is -0.347 e. The summed E-state index contributed by atoms with van der Waals surface area (Å²) >= 11 is 6.23. The highest BCUT2D eigenvalue weighted by molar-refractivity contribution is 6.32. The van der Waals surface area contributed by atoms with Crippen molar-refractivity contribution in [3.8, 4) is 5.82 Å². The third kappa shape index (κ3) is 5.12. The van der Waals surface area contributed by atoms with E-state index in [-0.39, 0.29) is 23.7 Å². The van der Waals surface area contributed by atoms with Gasteiger partial charge in [0.05, 0.1) is 28.5 Å². The normalized spacial score (nSPS) is 10.5. The Morgan fingerprint density at radius 1 is 1.09 bits per heavy atom. The van der Waals surface area contributed by atoms with Gasteiger partial charge >= 0.3 is 0 Å². The van der Waals surface area contributed by atoms with E-state index in [9.17, 15) is 14.4 Å².